The van der Waals surface area contributed by atoms with Gasteiger partial charge in [-0.1, -0.05) is 0 Å². The molecule has 2 rings (SSSR count). The summed E-state index contributed by atoms with van der Waals surface area (Å²) in [5.41, 5.74) is 5.34. The molecule has 0 atom stereocenters. The third-order valence-corrected chi connectivity index (χ3v) is 1.87. The second-order valence-electron chi connectivity index (χ2n) is 2.71. The third kappa shape index (κ3) is 1.07. The summed E-state index contributed by atoms with van der Waals surface area (Å²) < 4.78 is 14.3. The van der Waals surface area contributed by atoms with E-state index < -0.39 is 11.4 Å². The summed E-state index contributed by atoms with van der Waals surface area (Å²) in [5.74, 6) is -0.431. The summed E-state index contributed by atoms with van der Waals surface area (Å²) in [6.45, 7) is 0. The van der Waals surface area contributed by atoms with Crippen molar-refractivity contribution in [2.45, 2.75) is 0 Å². The molecule has 2 aromatic rings. The van der Waals surface area contributed by atoms with Gasteiger partial charge >= 0.3 is 0 Å². The first kappa shape index (κ1) is 7.79. The molecular formula is C9H7FN2O. The SMILES string of the molecule is Nc1ccc2c(F)cccn2c1=O. The zero-order valence-corrected chi connectivity index (χ0v) is 6.70. The van der Waals surface area contributed by atoms with Gasteiger partial charge in [0.05, 0.1) is 11.2 Å². The summed E-state index contributed by atoms with van der Waals surface area (Å²) in [6, 6.07) is 5.64. The Morgan fingerprint density at radius 3 is 2.85 bits per heavy atom. The number of nitrogens with two attached hydrogens (primary N) is 1. The monoisotopic (exact) mass is 178 g/mol. The first-order valence-corrected chi connectivity index (χ1v) is 3.75. The zero-order chi connectivity index (χ0) is 9.42. The van der Waals surface area contributed by atoms with Gasteiger partial charge in [-0.05, 0) is 24.3 Å². The van der Waals surface area contributed by atoms with E-state index in [2.05, 4.69) is 0 Å². The average Bonchev–Trinajstić information content (AvgIpc) is 2.12. The molecule has 0 bridgehead atoms. The highest BCUT2D eigenvalue weighted by Crippen LogP contribution is 2.07. The maximum atomic E-state index is 13.1. The van der Waals surface area contributed by atoms with E-state index in [1.807, 2.05) is 0 Å². The lowest BCUT2D eigenvalue weighted by Crippen LogP contribution is -2.17. The van der Waals surface area contributed by atoms with Gasteiger partial charge < -0.3 is 5.73 Å². The highest BCUT2D eigenvalue weighted by atomic mass is 19.1. The van der Waals surface area contributed by atoms with Crippen molar-refractivity contribution in [3.05, 3.63) is 46.6 Å². The maximum absolute atomic E-state index is 13.1. The van der Waals surface area contributed by atoms with Gasteiger partial charge in [0.25, 0.3) is 5.56 Å². The molecule has 0 amide bonds. The predicted octanol–water partition coefficient (Wildman–Crippen LogP) is 1.02. The van der Waals surface area contributed by atoms with Crippen LogP contribution in [0.5, 0.6) is 0 Å². The number of hydrogen-bond donors (Lipinski definition) is 1. The second-order valence-corrected chi connectivity index (χ2v) is 2.71. The summed E-state index contributed by atoms with van der Waals surface area (Å²) in [7, 11) is 0. The summed E-state index contributed by atoms with van der Waals surface area (Å²) in [6.07, 6.45) is 1.48. The van der Waals surface area contributed by atoms with Crippen molar-refractivity contribution in [2.24, 2.45) is 0 Å². The Kier molecular flexibility index (Phi) is 1.55. The standard InChI is InChI=1S/C9H7FN2O/c10-6-2-1-5-12-8(6)4-3-7(11)9(12)13/h1-5H,11H2. The van der Waals surface area contributed by atoms with Crippen molar-refractivity contribution in [2.75, 3.05) is 5.73 Å². The first-order chi connectivity index (χ1) is 6.20. The molecule has 2 heterocycles. The smallest absolute Gasteiger partial charge is 0.278 e. The molecule has 4 heteroatoms. The molecule has 0 saturated heterocycles. The van der Waals surface area contributed by atoms with E-state index in [0.717, 1.165) is 0 Å². The van der Waals surface area contributed by atoms with Crippen LogP contribution in [-0.2, 0) is 0 Å². The highest BCUT2D eigenvalue weighted by Gasteiger charge is 2.02. The predicted molar refractivity (Wildman–Crippen MR) is 48.0 cm³/mol. The number of pyridine rings is 2. The molecule has 0 aliphatic heterocycles. The van der Waals surface area contributed by atoms with Crippen LogP contribution in [-0.4, -0.2) is 4.40 Å². The zero-order valence-electron chi connectivity index (χ0n) is 6.70. The van der Waals surface area contributed by atoms with Gasteiger partial charge in [0.1, 0.15) is 5.82 Å². The Bertz CT molecular complexity index is 518. The van der Waals surface area contributed by atoms with Gasteiger partial charge in [-0.3, -0.25) is 9.20 Å². The molecule has 0 unspecified atom stereocenters. The van der Waals surface area contributed by atoms with Crippen LogP contribution in [0, 0.1) is 5.82 Å². The van der Waals surface area contributed by atoms with E-state index in [9.17, 15) is 9.18 Å². The fourth-order valence-corrected chi connectivity index (χ4v) is 1.21. The average molecular weight is 178 g/mol. The lowest BCUT2D eigenvalue weighted by molar-refractivity contribution is 0.631. The second kappa shape index (κ2) is 2.58. The highest BCUT2D eigenvalue weighted by molar-refractivity contribution is 5.52. The summed E-state index contributed by atoms with van der Waals surface area (Å²) >= 11 is 0. The molecule has 0 aliphatic carbocycles. The molecule has 0 radical (unpaired) electrons. The maximum Gasteiger partial charge on any atom is 0.278 e. The van der Waals surface area contributed by atoms with Crippen LogP contribution in [0.4, 0.5) is 10.1 Å². The van der Waals surface area contributed by atoms with Crippen LogP contribution in [0.25, 0.3) is 5.52 Å². The van der Waals surface area contributed by atoms with E-state index in [-0.39, 0.29) is 11.2 Å². The van der Waals surface area contributed by atoms with Crippen LogP contribution < -0.4 is 11.3 Å². The molecule has 3 nitrogen and oxygen atoms in total. The van der Waals surface area contributed by atoms with Crippen LogP contribution >= 0.6 is 0 Å². The van der Waals surface area contributed by atoms with E-state index >= 15 is 0 Å². The molecule has 2 aromatic heterocycles. The van der Waals surface area contributed by atoms with E-state index in [1.54, 1.807) is 0 Å². The van der Waals surface area contributed by atoms with Gasteiger partial charge in [0, 0.05) is 6.20 Å². The van der Waals surface area contributed by atoms with Crippen molar-refractivity contribution < 1.29 is 4.39 Å². The largest absolute Gasteiger partial charge is 0.394 e. The summed E-state index contributed by atoms with van der Waals surface area (Å²) in [4.78, 5) is 11.4. The number of nitrogen functional groups attached to an aromatic ring is 1. The topological polar surface area (TPSA) is 47.5 Å². The Hall–Kier alpha value is -1.84. The number of rotatable bonds is 0. The first-order valence-electron chi connectivity index (χ1n) is 3.75. The number of aromatic nitrogens is 1. The molecule has 0 aliphatic rings. The lowest BCUT2D eigenvalue weighted by Gasteiger charge is -2.01. The Morgan fingerprint density at radius 1 is 1.31 bits per heavy atom. The van der Waals surface area contributed by atoms with Crippen molar-refractivity contribution in [3.63, 3.8) is 0 Å². The minimum Gasteiger partial charge on any atom is -0.394 e. The van der Waals surface area contributed by atoms with Crippen LogP contribution in [0.1, 0.15) is 0 Å². The molecular weight excluding hydrogens is 171 g/mol. The van der Waals surface area contributed by atoms with Crippen molar-refractivity contribution in [1.29, 1.82) is 0 Å². The van der Waals surface area contributed by atoms with Gasteiger partial charge in [0.2, 0.25) is 0 Å². The molecule has 2 N–H and O–H groups in total. The number of halogens is 1. The van der Waals surface area contributed by atoms with Crippen molar-refractivity contribution in [3.8, 4) is 0 Å². The molecule has 0 spiro atoms. The minimum atomic E-state index is -0.431. The van der Waals surface area contributed by atoms with Gasteiger partial charge in [-0.25, -0.2) is 4.39 Å². The number of nitrogens with zero attached hydrogens (tertiary/aromatic N) is 1. The number of hydrogen-bond acceptors (Lipinski definition) is 2. The number of anilines is 1. The fourth-order valence-electron chi connectivity index (χ4n) is 1.21. The lowest BCUT2D eigenvalue weighted by atomic mass is 10.3. The Balaban J connectivity index is 3.03. The van der Waals surface area contributed by atoms with E-state index in [4.69, 9.17) is 5.73 Å². The molecule has 0 saturated carbocycles. The Morgan fingerprint density at radius 2 is 2.08 bits per heavy atom. The van der Waals surface area contributed by atoms with Gasteiger partial charge in [-0.15, -0.1) is 0 Å². The molecule has 66 valence electrons. The molecule has 13 heavy (non-hydrogen) atoms. The molecule has 0 aromatic carbocycles. The summed E-state index contributed by atoms with van der Waals surface area (Å²) in [5, 5.41) is 0. The quantitative estimate of drug-likeness (QED) is 0.654. The van der Waals surface area contributed by atoms with Gasteiger partial charge in [0.15, 0.2) is 0 Å². The van der Waals surface area contributed by atoms with E-state index in [1.165, 1.54) is 34.9 Å². The molecule has 0 fully saturated rings. The number of fused-ring (bicyclic) bond motifs is 1. The normalized spacial score (nSPS) is 10.5. The van der Waals surface area contributed by atoms with Gasteiger partial charge in [-0.2, -0.15) is 0 Å². The Labute approximate surface area is 73.2 Å². The minimum absolute atomic E-state index is 0.114. The van der Waals surface area contributed by atoms with Crippen LogP contribution in [0.15, 0.2) is 35.3 Å². The van der Waals surface area contributed by atoms with Crippen LogP contribution in [0.3, 0.4) is 0 Å². The van der Waals surface area contributed by atoms with Crippen molar-refractivity contribution in [1.82, 2.24) is 4.40 Å². The van der Waals surface area contributed by atoms with Crippen LogP contribution in [0.2, 0.25) is 0 Å². The fraction of sp³-hybridized carbons (Fsp3) is 0. The third-order valence-electron chi connectivity index (χ3n) is 1.87. The van der Waals surface area contributed by atoms with Crippen molar-refractivity contribution >= 4 is 11.2 Å². The van der Waals surface area contributed by atoms with E-state index in [0.29, 0.717) is 0 Å².